The fraction of sp³-hybridized carbons (Fsp3) is 0.842. The topological polar surface area (TPSA) is 73.2 Å². The van der Waals surface area contributed by atoms with Gasteiger partial charge in [0.25, 0.3) is 0 Å². The van der Waals surface area contributed by atoms with Gasteiger partial charge in [0.2, 0.25) is 0 Å². The predicted molar refractivity (Wildman–Crippen MR) is 123 cm³/mol. The molecule has 0 spiro atoms. The van der Waals surface area contributed by atoms with E-state index in [2.05, 4.69) is 23.3 Å². The van der Waals surface area contributed by atoms with Crippen molar-refractivity contribution in [2.24, 2.45) is 0 Å². The van der Waals surface area contributed by atoms with Gasteiger partial charge in [0, 0.05) is 52.9 Å². The standard InChI is InChI=1S/C12H22N2O3.C3H8O.2C2H6.H2S2.Y/c1-9(2)17-12(15)13(3)10-7-5-6-8-11(10)14(4)16;1-3(2)4;3*1-2;/h5-6,9-11,16H,7-8H2,1-4H3;3-4H,1-2H3;2*1-2H3;1-2H;. The van der Waals surface area contributed by atoms with E-state index in [-0.39, 0.29) is 63.1 Å². The Morgan fingerprint density at radius 2 is 1.32 bits per heavy atom. The fourth-order valence-corrected chi connectivity index (χ4v) is 2.02. The quantitative estimate of drug-likeness (QED) is 0.182. The summed E-state index contributed by atoms with van der Waals surface area (Å²) in [6.45, 7) is 15.1. The molecule has 1 amide bonds. The van der Waals surface area contributed by atoms with Crippen LogP contribution in [0.2, 0.25) is 0 Å². The molecule has 0 aromatic rings. The molecule has 1 rings (SSSR count). The molecule has 1 radical (unpaired) electrons. The molecule has 0 saturated carbocycles. The summed E-state index contributed by atoms with van der Waals surface area (Å²) in [6.07, 6.45) is 4.89. The third-order valence-electron chi connectivity index (χ3n) is 2.97. The first-order chi connectivity index (χ1) is 12.7. The van der Waals surface area contributed by atoms with Gasteiger partial charge in [0.15, 0.2) is 0 Å². The molecular formula is C19H44N2O4S2Y. The second-order valence-electron chi connectivity index (χ2n) is 5.79. The molecule has 0 bridgehead atoms. The Morgan fingerprint density at radius 1 is 1.00 bits per heavy atom. The van der Waals surface area contributed by atoms with Crippen LogP contribution in [0.3, 0.4) is 0 Å². The van der Waals surface area contributed by atoms with Gasteiger partial charge in [-0.3, -0.25) is 0 Å². The summed E-state index contributed by atoms with van der Waals surface area (Å²) in [7, 11) is 3.32. The van der Waals surface area contributed by atoms with E-state index in [1.165, 1.54) is 5.06 Å². The van der Waals surface area contributed by atoms with Crippen LogP contribution in [0.1, 0.15) is 68.2 Å². The minimum absolute atomic E-state index is 0. The van der Waals surface area contributed by atoms with Gasteiger partial charge in [-0.15, -0.1) is 23.3 Å². The van der Waals surface area contributed by atoms with Crippen LogP contribution in [0.25, 0.3) is 0 Å². The first kappa shape index (κ1) is 39.2. The number of likely N-dealkylation sites (N-methyl/N-ethyl adjacent to an activating group) is 2. The molecule has 0 aromatic heterocycles. The first-order valence-electron chi connectivity index (χ1n) is 9.55. The van der Waals surface area contributed by atoms with Crippen LogP contribution in [0, 0.1) is 0 Å². The summed E-state index contributed by atoms with van der Waals surface area (Å²) in [4.78, 5) is 13.4. The van der Waals surface area contributed by atoms with Crippen LogP contribution in [0.15, 0.2) is 12.2 Å². The summed E-state index contributed by atoms with van der Waals surface area (Å²) >= 11 is 6.44. The van der Waals surface area contributed by atoms with Gasteiger partial charge in [-0.1, -0.05) is 39.8 Å². The third-order valence-corrected chi connectivity index (χ3v) is 2.97. The molecule has 9 heteroatoms. The minimum Gasteiger partial charge on any atom is -0.447 e. The predicted octanol–water partition coefficient (Wildman–Crippen LogP) is 5.07. The Morgan fingerprint density at radius 3 is 1.61 bits per heavy atom. The third kappa shape index (κ3) is 23.0. The van der Waals surface area contributed by atoms with Crippen molar-refractivity contribution in [3.63, 3.8) is 0 Å². The number of hydrogen-bond acceptors (Lipinski definition) is 7. The number of hydroxylamine groups is 2. The molecule has 169 valence electrons. The van der Waals surface area contributed by atoms with Gasteiger partial charge in [0.05, 0.1) is 18.2 Å². The molecule has 1 aliphatic rings. The van der Waals surface area contributed by atoms with Gasteiger partial charge in [-0.25, -0.2) is 4.79 Å². The molecule has 0 saturated heterocycles. The van der Waals surface area contributed by atoms with E-state index < -0.39 is 0 Å². The van der Waals surface area contributed by atoms with Gasteiger partial charge in [0.1, 0.15) is 0 Å². The van der Waals surface area contributed by atoms with Gasteiger partial charge in [-0.05, 0) is 40.5 Å². The Kier molecular flexibility index (Phi) is 38.8. The Bertz CT molecular complexity index is 345. The summed E-state index contributed by atoms with van der Waals surface area (Å²) in [5.74, 6) is 0. The van der Waals surface area contributed by atoms with Crippen molar-refractivity contribution in [1.29, 1.82) is 0 Å². The zero-order chi connectivity index (χ0) is 22.6. The van der Waals surface area contributed by atoms with Crippen LogP contribution >= 0.6 is 23.3 Å². The molecule has 0 aliphatic heterocycles. The smallest absolute Gasteiger partial charge is 0.410 e. The second-order valence-corrected chi connectivity index (χ2v) is 5.79. The fourth-order valence-electron chi connectivity index (χ4n) is 2.02. The van der Waals surface area contributed by atoms with Crippen LogP contribution < -0.4 is 0 Å². The van der Waals surface area contributed by atoms with Crippen molar-refractivity contribution in [2.45, 2.75) is 92.5 Å². The van der Waals surface area contributed by atoms with E-state index >= 15 is 0 Å². The van der Waals surface area contributed by atoms with E-state index in [1.54, 1.807) is 32.8 Å². The van der Waals surface area contributed by atoms with E-state index in [0.717, 1.165) is 12.8 Å². The number of aliphatic hydroxyl groups is 1. The number of carbonyl (C=O) groups is 1. The summed E-state index contributed by atoms with van der Waals surface area (Å²) < 4.78 is 5.16. The van der Waals surface area contributed by atoms with Crippen LogP contribution in [-0.4, -0.2) is 64.8 Å². The molecule has 0 heterocycles. The monoisotopic (exact) mass is 517 g/mol. The van der Waals surface area contributed by atoms with E-state index in [9.17, 15) is 10.0 Å². The molecule has 2 atom stereocenters. The maximum Gasteiger partial charge on any atom is 0.410 e. The molecule has 2 unspecified atom stereocenters. The molecule has 0 fully saturated rings. The molecule has 6 nitrogen and oxygen atoms in total. The van der Waals surface area contributed by atoms with Gasteiger partial charge >= 0.3 is 6.09 Å². The number of aliphatic hydroxyl groups excluding tert-OH is 1. The van der Waals surface area contributed by atoms with Gasteiger partial charge < -0.3 is 20.0 Å². The van der Waals surface area contributed by atoms with Crippen molar-refractivity contribution in [1.82, 2.24) is 9.96 Å². The number of thiol groups is 2. The zero-order valence-corrected chi connectivity index (χ0v) is 24.1. The largest absolute Gasteiger partial charge is 0.447 e. The van der Waals surface area contributed by atoms with Gasteiger partial charge in [-0.2, -0.15) is 5.06 Å². The maximum atomic E-state index is 11.8. The van der Waals surface area contributed by atoms with Crippen molar-refractivity contribution in [2.75, 3.05) is 14.1 Å². The number of amides is 1. The van der Waals surface area contributed by atoms with Crippen molar-refractivity contribution in [3.05, 3.63) is 12.2 Å². The minimum atomic E-state index is -0.341. The molecular weight excluding hydrogens is 473 g/mol. The molecule has 0 aromatic carbocycles. The van der Waals surface area contributed by atoms with Crippen molar-refractivity contribution < 1.29 is 52.6 Å². The number of nitrogens with zero attached hydrogens (tertiary/aromatic N) is 2. The number of ether oxygens (including phenoxy) is 1. The normalized spacial score (nSPS) is 16.6. The van der Waals surface area contributed by atoms with Crippen molar-refractivity contribution in [3.8, 4) is 0 Å². The summed E-state index contributed by atoms with van der Waals surface area (Å²) in [5.41, 5.74) is 0. The summed E-state index contributed by atoms with van der Waals surface area (Å²) in [5, 5.41) is 18.8. The number of rotatable bonds is 3. The number of carbonyl (C=O) groups excluding carboxylic acids is 1. The molecule has 1 aliphatic carbocycles. The number of hydrogen-bond donors (Lipinski definition) is 4. The van der Waals surface area contributed by atoms with E-state index in [0.29, 0.717) is 0 Å². The molecule has 28 heavy (non-hydrogen) atoms. The Hall–Kier alpha value is 0.694. The second kappa shape index (κ2) is 27.7. The maximum absolute atomic E-state index is 11.8. The van der Waals surface area contributed by atoms with E-state index in [1.807, 2.05) is 53.7 Å². The van der Waals surface area contributed by atoms with Crippen LogP contribution in [0.4, 0.5) is 4.79 Å². The Balaban J connectivity index is -0.000000137. The SMILES string of the molecule is CC.CC.CC(C)O.CC(C)OC(=O)N(C)C1CC=CCC1N(C)O.SS.[Y]. The summed E-state index contributed by atoms with van der Waals surface area (Å²) in [6, 6.07) is -0.133. The average molecular weight is 518 g/mol. The average Bonchev–Trinajstić information content (AvgIpc) is 2.65. The van der Waals surface area contributed by atoms with Crippen molar-refractivity contribution >= 4 is 29.4 Å². The van der Waals surface area contributed by atoms with Crippen LogP contribution in [-0.2, 0) is 37.4 Å². The first-order valence-corrected chi connectivity index (χ1v) is 11.1. The van der Waals surface area contributed by atoms with E-state index in [4.69, 9.17) is 9.84 Å². The Labute approximate surface area is 209 Å². The zero-order valence-electron chi connectivity index (χ0n) is 19.5. The van der Waals surface area contributed by atoms with Crippen LogP contribution in [0.5, 0.6) is 0 Å². The molecule has 2 N–H and O–H groups in total.